The van der Waals surface area contributed by atoms with E-state index in [1.54, 1.807) is 54.6 Å². The number of primary sulfonamides is 1. The predicted molar refractivity (Wildman–Crippen MR) is 155 cm³/mol. The number of phenolic OH excluding ortho intramolecular Hbond substituents is 1. The minimum Gasteiger partial charge on any atom is -0.508 e. The number of aromatic hydroxyl groups is 1. The second-order valence-corrected chi connectivity index (χ2v) is 11.7. The highest BCUT2D eigenvalue weighted by Crippen LogP contribution is 2.41. The van der Waals surface area contributed by atoms with Crippen molar-refractivity contribution in [2.45, 2.75) is 24.3 Å². The fraction of sp³-hybridized carbons (Fsp3) is 0.100. The Kier molecular flexibility index (Phi) is 6.41. The lowest BCUT2D eigenvalue weighted by molar-refractivity contribution is 0.0924. The van der Waals surface area contributed by atoms with Crippen LogP contribution in [0.5, 0.6) is 5.75 Å². The molecular formula is C30H22ClN3O6S. The van der Waals surface area contributed by atoms with E-state index < -0.39 is 21.8 Å². The van der Waals surface area contributed by atoms with Gasteiger partial charge < -0.3 is 9.67 Å². The molecule has 0 bridgehead atoms. The minimum absolute atomic E-state index is 0.00648. The molecule has 0 radical (unpaired) electrons. The molecule has 1 aliphatic rings. The van der Waals surface area contributed by atoms with Crippen molar-refractivity contribution < 1.29 is 27.9 Å². The number of ketones is 1. The summed E-state index contributed by atoms with van der Waals surface area (Å²) in [7, 11) is -3.86. The van der Waals surface area contributed by atoms with Crippen LogP contribution in [0.25, 0.3) is 21.8 Å². The van der Waals surface area contributed by atoms with Gasteiger partial charge >= 0.3 is 0 Å². The van der Waals surface area contributed by atoms with Crippen LogP contribution in [0.2, 0.25) is 5.02 Å². The summed E-state index contributed by atoms with van der Waals surface area (Å²) in [6.07, 6.45) is 0.613. The molecule has 2 amide bonds. The summed E-state index contributed by atoms with van der Waals surface area (Å²) < 4.78 is 24.9. The van der Waals surface area contributed by atoms with Crippen LogP contribution in [0, 0.1) is 0 Å². The average molecular weight is 588 g/mol. The number of amides is 2. The van der Waals surface area contributed by atoms with Gasteiger partial charge in [0.25, 0.3) is 11.8 Å². The van der Waals surface area contributed by atoms with E-state index in [4.69, 9.17) is 16.7 Å². The molecule has 0 saturated carbocycles. The lowest BCUT2D eigenvalue weighted by atomic mass is 10.0. The molecule has 0 saturated heterocycles. The van der Waals surface area contributed by atoms with Crippen LogP contribution in [-0.4, -0.2) is 35.7 Å². The fourth-order valence-corrected chi connectivity index (χ4v) is 6.10. The number of hydrogen-bond acceptors (Lipinski definition) is 6. The van der Waals surface area contributed by atoms with Crippen LogP contribution in [0.1, 0.15) is 43.9 Å². The Morgan fingerprint density at radius 1 is 0.902 bits per heavy atom. The number of hydrogen-bond donors (Lipinski definition) is 2. The SMILES string of the molecule is NS(=O)(=O)c1ccc(C(=O)CCCn2c3ccc(O)cc3c3c4c(ccc32)C(=O)N(c2ccccc2Cl)C4=O)cc1. The Balaban J connectivity index is 1.36. The molecule has 41 heavy (non-hydrogen) atoms. The van der Waals surface area contributed by atoms with E-state index in [2.05, 4.69) is 0 Å². The number of halogens is 1. The lowest BCUT2D eigenvalue weighted by Crippen LogP contribution is -2.29. The van der Waals surface area contributed by atoms with E-state index >= 15 is 0 Å². The summed E-state index contributed by atoms with van der Waals surface area (Å²) >= 11 is 6.33. The molecule has 0 unspecified atom stereocenters. The molecule has 2 heterocycles. The van der Waals surface area contributed by atoms with Crippen molar-refractivity contribution in [3.63, 3.8) is 0 Å². The third kappa shape index (κ3) is 4.46. The number of para-hydroxylation sites is 1. The molecule has 1 aliphatic heterocycles. The number of anilines is 1. The number of fused-ring (bicyclic) bond motifs is 5. The first-order chi connectivity index (χ1) is 19.6. The highest BCUT2D eigenvalue weighted by Gasteiger charge is 2.40. The number of aromatic nitrogens is 1. The van der Waals surface area contributed by atoms with Crippen LogP contribution in [0.3, 0.4) is 0 Å². The fourth-order valence-electron chi connectivity index (χ4n) is 5.37. The molecule has 0 atom stereocenters. The van der Waals surface area contributed by atoms with Gasteiger partial charge in [0.15, 0.2) is 5.78 Å². The van der Waals surface area contributed by atoms with E-state index in [1.807, 2.05) is 4.57 Å². The van der Waals surface area contributed by atoms with Crippen LogP contribution >= 0.6 is 11.6 Å². The van der Waals surface area contributed by atoms with Gasteiger partial charge in [-0.25, -0.2) is 18.5 Å². The highest BCUT2D eigenvalue weighted by atomic mass is 35.5. The summed E-state index contributed by atoms with van der Waals surface area (Å²) in [5, 5.41) is 16.8. The average Bonchev–Trinajstić information content (AvgIpc) is 3.38. The first-order valence-electron chi connectivity index (χ1n) is 12.6. The third-order valence-corrected chi connectivity index (χ3v) is 8.50. The number of benzene rings is 4. The van der Waals surface area contributed by atoms with Crippen molar-refractivity contribution in [3.05, 3.63) is 101 Å². The Morgan fingerprint density at radius 2 is 1.61 bits per heavy atom. The Bertz CT molecular complexity index is 2030. The number of imide groups is 1. The molecule has 9 nitrogen and oxygen atoms in total. The van der Waals surface area contributed by atoms with E-state index in [0.717, 1.165) is 10.4 Å². The Labute approximate surface area is 239 Å². The number of carbonyl (C=O) groups excluding carboxylic acids is 3. The number of aryl methyl sites for hydroxylation is 1. The van der Waals surface area contributed by atoms with Crippen molar-refractivity contribution in [2.75, 3.05) is 4.90 Å². The van der Waals surface area contributed by atoms with Gasteiger partial charge in [-0.3, -0.25) is 14.4 Å². The van der Waals surface area contributed by atoms with Crippen molar-refractivity contribution >= 4 is 66.7 Å². The lowest BCUT2D eigenvalue weighted by Gasteiger charge is -2.15. The smallest absolute Gasteiger partial charge is 0.266 e. The maximum Gasteiger partial charge on any atom is 0.266 e. The number of phenols is 1. The van der Waals surface area contributed by atoms with Gasteiger partial charge in [0.1, 0.15) is 5.75 Å². The standard InChI is InChI=1S/C30H22ClN3O6S/c31-22-4-1-2-5-24(22)34-29(37)20-12-14-25-27(28(20)30(34)38)21-16-18(35)9-13-23(21)33(25)15-3-6-26(36)17-7-10-19(11-8-17)41(32,39)40/h1-2,4-5,7-14,16,35H,3,6,15H2,(H2,32,39,40). The molecule has 0 fully saturated rings. The van der Waals surface area contributed by atoms with Gasteiger partial charge in [-0.2, -0.15) is 0 Å². The first kappa shape index (κ1) is 26.7. The number of Topliss-reactive ketones (excluding diaryl/α,β-unsaturated/α-hetero) is 1. The van der Waals surface area contributed by atoms with Crippen LogP contribution in [0.15, 0.2) is 83.8 Å². The molecule has 6 rings (SSSR count). The van der Waals surface area contributed by atoms with Crippen LogP contribution in [-0.2, 0) is 16.6 Å². The van der Waals surface area contributed by atoms with Gasteiger partial charge in [-0.05, 0) is 61.0 Å². The summed E-state index contributed by atoms with van der Waals surface area (Å²) in [4.78, 5) is 40.9. The number of nitrogens with zero attached hydrogens (tertiary/aromatic N) is 2. The minimum atomic E-state index is -3.86. The van der Waals surface area contributed by atoms with E-state index in [1.165, 1.54) is 24.3 Å². The van der Waals surface area contributed by atoms with Crippen LogP contribution < -0.4 is 10.0 Å². The predicted octanol–water partition coefficient (Wildman–Crippen LogP) is 5.26. The van der Waals surface area contributed by atoms with Gasteiger partial charge in [-0.15, -0.1) is 0 Å². The Hall–Kier alpha value is -4.51. The summed E-state index contributed by atoms with van der Waals surface area (Å²) in [5.41, 5.74) is 2.53. The maximum absolute atomic E-state index is 13.7. The summed E-state index contributed by atoms with van der Waals surface area (Å²) in [6, 6.07) is 20.3. The number of sulfonamides is 1. The van der Waals surface area contributed by atoms with Gasteiger partial charge in [0, 0.05) is 40.3 Å². The van der Waals surface area contributed by atoms with Crippen molar-refractivity contribution in [1.82, 2.24) is 4.57 Å². The second kappa shape index (κ2) is 9.84. The number of carbonyl (C=O) groups is 3. The number of nitrogens with two attached hydrogens (primary N) is 1. The van der Waals surface area contributed by atoms with E-state index in [-0.39, 0.29) is 44.7 Å². The summed E-state index contributed by atoms with van der Waals surface area (Å²) in [6.45, 7) is 0.404. The van der Waals surface area contributed by atoms with E-state index in [9.17, 15) is 27.9 Å². The maximum atomic E-state index is 13.7. The third-order valence-electron chi connectivity index (χ3n) is 7.25. The molecule has 0 spiro atoms. The first-order valence-corrected chi connectivity index (χ1v) is 14.6. The monoisotopic (exact) mass is 587 g/mol. The van der Waals surface area contributed by atoms with Gasteiger partial charge in [0.2, 0.25) is 10.0 Å². The largest absolute Gasteiger partial charge is 0.508 e. The van der Waals surface area contributed by atoms with Crippen LogP contribution in [0.4, 0.5) is 5.69 Å². The quantitative estimate of drug-likeness (QED) is 0.196. The zero-order valence-electron chi connectivity index (χ0n) is 21.4. The van der Waals surface area contributed by atoms with Crippen molar-refractivity contribution in [2.24, 2.45) is 5.14 Å². The Morgan fingerprint density at radius 3 is 2.32 bits per heavy atom. The van der Waals surface area contributed by atoms with E-state index in [0.29, 0.717) is 34.8 Å². The van der Waals surface area contributed by atoms with Crippen molar-refractivity contribution in [3.8, 4) is 5.75 Å². The molecular weight excluding hydrogens is 566 g/mol. The second-order valence-electron chi connectivity index (χ2n) is 9.73. The van der Waals surface area contributed by atoms with Crippen molar-refractivity contribution in [1.29, 1.82) is 0 Å². The molecule has 0 aliphatic carbocycles. The molecule has 1 aromatic heterocycles. The number of rotatable bonds is 7. The molecule has 11 heteroatoms. The summed E-state index contributed by atoms with van der Waals surface area (Å²) in [5.74, 6) is -1.15. The normalized spacial score (nSPS) is 13.4. The molecule has 5 aromatic rings. The molecule has 4 aromatic carbocycles. The zero-order valence-corrected chi connectivity index (χ0v) is 22.9. The zero-order chi connectivity index (χ0) is 29.1. The topological polar surface area (TPSA) is 140 Å². The molecule has 206 valence electrons. The van der Waals surface area contributed by atoms with Gasteiger partial charge in [-0.1, -0.05) is 35.9 Å². The highest BCUT2D eigenvalue weighted by molar-refractivity contribution is 7.89. The molecule has 3 N–H and O–H groups in total. The van der Waals surface area contributed by atoms with Gasteiger partial charge in [0.05, 0.1) is 26.7 Å².